The second kappa shape index (κ2) is 18.8. The van der Waals surface area contributed by atoms with Crippen molar-refractivity contribution < 1.29 is 24.2 Å². The summed E-state index contributed by atoms with van der Waals surface area (Å²) in [4.78, 5) is 34.1. The van der Waals surface area contributed by atoms with Gasteiger partial charge in [0.05, 0.1) is 7.11 Å². The van der Waals surface area contributed by atoms with Crippen molar-refractivity contribution in [2.45, 2.75) is 116 Å². The Morgan fingerprint density at radius 1 is 0.786 bits per heavy atom. The SMILES string of the molecule is CCCCCCCCCCCCCCCC(=O)N[C@@H](CCC(=O)OC)C(=O)O. The monoisotopic (exact) mass is 399 g/mol. The van der Waals surface area contributed by atoms with Crippen LogP contribution in [-0.2, 0) is 19.1 Å². The standard InChI is InChI=1S/C22H41NO5/c1-3-4-5-6-7-8-9-10-11-12-13-14-15-16-20(24)23-19(22(26)27)17-18-21(25)28-2/h19H,3-18H2,1-2H3,(H,23,24)(H,26,27)/t19-/m0/s1. The molecule has 0 radical (unpaired) electrons. The molecule has 0 rings (SSSR count). The van der Waals surface area contributed by atoms with Gasteiger partial charge >= 0.3 is 11.9 Å². The van der Waals surface area contributed by atoms with Crippen LogP contribution in [-0.4, -0.2) is 36.1 Å². The minimum atomic E-state index is -1.12. The molecule has 28 heavy (non-hydrogen) atoms. The molecule has 0 saturated carbocycles. The minimum Gasteiger partial charge on any atom is -0.480 e. The summed E-state index contributed by atoms with van der Waals surface area (Å²) >= 11 is 0. The first-order chi connectivity index (χ1) is 13.5. The van der Waals surface area contributed by atoms with E-state index in [0.717, 1.165) is 19.3 Å². The van der Waals surface area contributed by atoms with E-state index in [1.807, 2.05) is 0 Å². The molecule has 0 aliphatic rings. The molecule has 2 N–H and O–H groups in total. The predicted octanol–water partition coefficient (Wildman–Crippen LogP) is 4.99. The van der Waals surface area contributed by atoms with Crippen molar-refractivity contribution in [1.82, 2.24) is 5.32 Å². The van der Waals surface area contributed by atoms with Crippen LogP contribution in [0.3, 0.4) is 0 Å². The number of carbonyl (C=O) groups excluding carboxylic acids is 2. The van der Waals surface area contributed by atoms with E-state index in [0.29, 0.717) is 6.42 Å². The maximum Gasteiger partial charge on any atom is 0.326 e. The van der Waals surface area contributed by atoms with Crippen LogP contribution < -0.4 is 5.32 Å². The molecule has 0 aromatic heterocycles. The number of amides is 1. The molecule has 0 aliphatic carbocycles. The van der Waals surface area contributed by atoms with Crippen LogP contribution >= 0.6 is 0 Å². The summed E-state index contributed by atoms with van der Waals surface area (Å²) in [6, 6.07) is -1.03. The average Bonchev–Trinajstić information content (AvgIpc) is 2.68. The molecular weight excluding hydrogens is 358 g/mol. The molecule has 0 aromatic carbocycles. The first kappa shape index (κ1) is 26.4. The Hall–Kier alpha value is -1.59. The molecule has 0 unspecified atom stereocenters. The largest absolute Gasteiger partial charge is 0.480 e. The van der Waals surface area contributed by atoms with Gasteiger partial charge in [0.2, 0.25) is 5.91 Å². The van der Waals surface area contributed by atoms with Crippen molar-refractivity contribution in [3.63, 3.8) is 0 Å². The number of ether oxygens (including phenoxy) is 1. The van der Waals surface area contributed by atoms with Crippen molar-refractivity contribution in [1.29, 1.82) is 0 Å². The number of methoxy groups -OCH3 is 1. The van der Waals surface area contributed by atoms with Gasteiger partial charge in [-0.2, -0.15) is 0 Å². The van der Waals surface area contributed by atoms with Crippen molar-refractivity contribution in [2.75, 3.05) is 7.11 Å². The summed E-state index contributed by atoms with van der Waals surface area (Å²) in [6.07, 6.45) is 16.5. The van der Waals surface area contributed by atoms with E-state index in [-0.39, 0.29) is 18.7 Å². The molecule has 0 saturated heterocycles. The van der Waals surface area contributed by atoms with E-state index in [1.54, 1.807) is 0 Å². The van der Waals surface area contributed by atoms with Crippen molar-refractivity contribution in [3.05, 3.63) is 0 Å². The first-order valence-electron chi connectivity index (χ1n) is 11.1. The number of aliphatic carboxylic acids is 1. The van der Waals surface area contributed by atoms with Gasteiger partial charge in [0, 0.05) is 12.8 Å². The Kier molecular flexibility index (Phi) is 17.7. The Bertz CT molecular complexity index is 425. The molecule has 0 heterocycles. The van der Waals surface area contributed by atoms with E-state index in [2.05, 4.69) is 17.0 Å². The van der Waals surface area contributed by atoms with E-state index >= 15 is 0 Å². The van der Waals surface area contributed by atoms with Crippen LogP contribution in [0.1, 0.15) is 110 Å². The van der Waals surface area contributed by atoms with Crippen LogP contribution in [0.4, 0.5) is 0 Å². The summed E-state index contributed by atoms with van der Waals surface area (Å²) in [5, 5.41) is 11.6. The van der Waals surface area contributed by atoms with Gasteiger partial charge in [-0.15, -0.1) is 0 Å². The van der Waals surface area contributed by atoms with Gasteiger partial charge in [-0.1, -0.05) is 84.0 Å². The highest BCUT2D eigenvalue weighted by atomic mass is 16.5. The molecule has 1 atom stereocenters. The Morgan fingerprint density at radius 2 is 1.25 bits per heavy atom. The number of nitrogens with one attached hydrogen (secondary N) is 1. The van der Waals surface area contributed by atoms with Gasteiger partial charge in [-0.05, 0) is 12.8 Å². The number of rotatable bonds is 19. The molecule has 1 amide bonds. The zero-order valence-corrected chi connectivity index (χ0v) is 18.0. The molecular formula is C22H41NO5. The summed E-state index contributed by atoms with van der Waals surface area (Å²) < 4.78 is 4.49. The number of carbonyl (C=O) groups is 3. The average molecular weight is 400 g/mol. The topological polar surface area (TPSA) is 92.7 Å². The van der Waals surface area contributed by atoms with Crippen LogP contribution in [0.25, 0.3) is 0 Å². The molecule has 0 fully saturated rings. The first-order valence-corrected chi connectivity index (χ1v) is 11.1. The second-order valence-corrected chi connectivity index (χ2v) is 7.57. The van der Waals surface area contributed by atoms with Crippen LogP contribution in [0.15, 0.2) is 0 Å². The molecule has 6 nitrogen and oxygen atoms in total. The second-order valence-electron chi connectivity index (χ2n) is 7.57. The quantitative estimate of drug-likeness (QED) is 0.236. The molecule has 0 spiro atoms. The van der Waals surface area contributed by atoms with E-state index in [4.69, 9.17) is 5.11 Å². The maximum atomic E-state index is 11.9. The van der Waals surface area contributed by atoms with Gasteiger partial charge in [0.15, 0.2) is 0 Å². The third-order valence-electron chi connectivity index (χ3n) is 5.01. The third-order valence-corrected chi connectivity index (χ3v) is 5.01. The number of carboxylic acid groups (broad SMARTS) is 1. The third kappa shape index (κ3) is 16.6. The molecule has 164 valence electrons. The summed E-state index contributed by atoms with van der Waals surface area (Å²) in [5.41, 5.74) is 0. The van der Waals surface area contributed by atoms with Crippen LogP contribution in [0.2, 0.25) is 0 Å². The maximum absolute atomic E-state index is 11.9. The fraction of sp³-hybridized carbons (Fsp3) is 0.864. The van der Waals surface area contributed by atoms with E-state index < -0.39 is 18.0 Å². The smallest absolute Gasteiger partial charge is 0.326 e. The number of carboxylic acids is 1. The van der Waals surface area contributed by atoms with Gasteiger partial charge < -0.3 is 15.2 Å². The predicted molar refractivity (Wildman–Crippen MR) is 111 cm³/mol. The highest BCUT2D eigenvalue weighted by Gasteiger charge is 2.20. The van der Waals surface area contributed by atoms with Gasteiger partial charge in [-0.3, -0.25) is 9.59 Å². The number of hydrogen-bond donors (Lipinski definition) is 2. The number of unbranched alkanes of at least 4 members (excludes halogenated alkanes) is 12. The van der Waals surface area contributed by atoms with E-state index in [1.165, 1.54) is 71.3 Å². The summed E-state index contributed by atoms with van der Waals surface area (Å²) in [5.74, 6) is -1.86. The van der Waals surface area contributed by atoms with Crippen molar-refractivity contribution in [3.8, 4) is 0 Å². The van der Waals surface area contributed by atoms with E-state index in [9.17, 15) is 14.4 Å². The molecule has 6 heteroatoms. The zero-order valence-electron chi connectivity index (χ0n) is 18.0. The summed E-state index contributed by atoms with van der Waals surface area (Å²) in [6.45, 7) is 2.24. The Labute approximate surface area is 170 Å². The Morgan fingerprint density at radius 3 is 1.68 bits per heavy atom. The fourth-order valence-corrected chi connectivity index (χ4v) is 3.19. The van der Waals surface area contributed by atoms with Gasteiger partial charge in [-0.25, -0.2) is 4.79 Å². The lowest BCUT2D eigenvalue weighted by Crippen LogP contribution is -2.41. The summed E-state index contributed by atoms with van der Waals surface area (Å²) in [7, 11) is 1.26. The van der Waals surface area contributed by atoms with Crippen LogP contribution in [0, 0.1) is 0 Å². The lowest BCUT2D eigenvalue weighted by molar-refractivity contribution is -0.144. The Balaban J connectivity index is 3.57. The van der Waals surface area contributed by atoms with Crippen LogP contribution in [0.5, 0.6) is 0 Å². The molecule has 0 aliphatic heterocycles. The normalized spacial score (nSPS) is 11.8. The fourth-order valence-electron chi connectivity index (χ4n) is 3.19. The molecule has 0 aromatic rings. The zero-order chi connectivity index (χ0) is 21.0. The van der Waals surface area contributed by atoms with Gasteiger partial charge in [0.1, 0.15) is 6.04 Å². The van der Waals surface area contributed by atoms with Crippen molar-refractivity contribution in [2.24, 2.45) is 0 Å². The highest BCUT2D eigenvalue weighted by Crippen LogP contribution is 2.13. The van der Waals surface area contributed by atoms with Gasteiger partial charge in [0.25, 0.3) is 0 Å². The number of esters is 1. The van der Waals surface area contributed by atoms with Crippen molar-refractivity contribution >= 4 is 17.8 Å². The lowest BCUT2D eigenvalue weighted by atomic mass is 10.0. The highest BCUT2D eigenvalue weighted by molar-refractivity contribution is 5.83. The molecule has 0 bridgehead atoms. The number of hydrogen-bond acceptors (Lipinski definition) is 4. The lowest BCUT2D eigenvalue weighted by Gasteiger charge is -2.13. The minimum absolute atomic E-state index is 0.0213.